The molecule has 0 radical (unpaired) electrons. The smallest absolute Gasteiger partial charge is 0.339 e. The lowest BCUT2D eigenvalue weighted by Crippen LogP contribution is -2.06. The molecular formula is C12H6ClF3N4. The van der Waals surface area contributed by atoms with E-state index in [-0.39, 0.29) is 22.4 Å². The second-order valence-corrected chi connectivity index (χ2v) is 4.04. The van der Waals surface area contributed by atoms with Crippen molar-refractivity contribution < 1.29 is 13.2 Å². The van der Waals surface area contributed by atoms with Gasteiger partial charge in [0, 0.05) is 6.20 Å². The summed E-state index contributed by atoms with van der Waals surface area (Å²) >= 11 is 5.59. The Bertz CT molecular complexity index is 679. The molecule has 0 saturated carbocycles. The van der Waals surface area contributed by atoms with E-state index >= 15 is 0 Å². The Hall–Kier alpha value is -2.33. The third kappa shape index (κ3) is 3.16. The van der Waals surface area contributed by atoms with Gasteiger partial charge in [0.15, 0.2) is 0 Å². The van der Waals surface area contributed by atoms with E-state index in [1.807, 2.05) is 0 Å². The molecule has 0 aliphatic carbocycles. The van der Waals surface area contributed by atoms with Crippen LogP contribution in [0.1, 0.15) is 11.1 Å². The van der Waals surface area contributed by atoms with E-state index in [9.17, 15) is 13.2 Å². The highest BCUT2D eigenvalue weighted by Crippen LogP contribution is 2.32. The van der Waals surface area contributed by atoms with Crippen molar-refractivity contribution in [3.63, 3.8) is 0 Å². The molecule has 0 amide bonds. The van der Waals surface area contributed by atoms with E-state index in [4.69, 9.17) is 16.9 Å². The van der Waals surface area contributed by atoms with Crippen LogP contribution in [-0.4, -0.2) is 9.97 Å². The number of nitriles is 1. The summed E-state index contributed by atoms with van der Waals surface area (Å²) in [5.74, 6) is 0.279. The van der Waals surface area contributed by atoms with Crippen LogP contribution in [-0.2, 0) is 6.18 Å². The number of hydrogen-bond acceptors (Lipinski definition) is 4. The molecule has 0 saturated heterocycles. The standard InChI is InChI=1S/C12H6ClF3N4/c13-11-18-4-3-10(20-11)19-9-2-1-8(12(14,15)16)5-7(9)6-17/h1-5H,(H,18,19,20). The minimum absolute atomic E-state index is 0.0135. The molecule has 0 aliphatic heterocycles. The molecule has 1 heterocycles. The molecule has 0 spiro atoms. The maximum absolute atomic E-state index is 12.5. The fourth-order valence-corrected chi connectivity index (χ4v) is 1.61. The van der Waals surface area contributed by atoms with Crippen LogP contribution in [0, 0.1) is 11.3 Å². The third-order valence-electron chi connectivity index (χ3n) is 2.36. The number of alkyl halides is 3. The Balaban J connectivity index is 2.36. The molecule has 102 valence electrons. The zero-order valence-electron chi connectivity index (χ0n) is 9.74. The number of aromatic nitrogens is 2. The highest BCUT2D eigenvalue weighted by Gasteiger charge is 2.31. The van der Waals surface area contributed by atoms with Crippen molar-refractivity contribution in [3.05, 3.63) is 46.9 Å². The van der Waals surface area contributed by atoms with Crippen LogP contribution in [0.4, 0.5) is 24.7 Å². The average molecular weight is 299 g/mol. The molecule has 0 bridgehead atoms. The molecular weight excluding hydrogens is 293 g/mol. The summed E-state index contributed by atoms with van der Waals surface area (Å²) in [6.07, 6.45) is -3.11. The van der Waals surface area contributed by atoms with Crippen LogP contribution in [0.15, 0.2) is 30.5 Å². The minimum atomic E-state index is -4.50. The van der Waals surface area contributed by atoms with Gasteiger partial charge in [-0.1, -0.05) is 0 Å². The summed E-state index contributed by atoms with van der Waals surface area (Å²) in [6.45, 7) is 0. The van der Waals surface area contributed by atoms with Gasteiger partial charge in [0.1, 0.15) is 11.9 Å². The fourth-order valence-electron chi connectivity index (χ4n) is 1.46. The highest BCUT2D eigenvalue weighted by atomic mass is 35.5. The first kappa shape index (κ1) is 14.1. The number of anilines is 2. The SMILES string of the molecule is N#Cc1cc(C(F)(F)F)ccc1Nc1ccnc(Cl)n1. The van der Waals surface area contributed by atoms with Gasteiger partial charge in [-0.25, -0.2) is 9.97 Å². The van der Waals surface area contributed by atoms with E-state index < -0.39 is 11.7 Å². The van der Waals surface area contributed by atoms with Gasteiger partial charge in [-0.05, 0) is 35.9 Å². The van der Waals surface area contributed by atoms with Gasteiger partial charge in [0.25, 0.3) is 0 Å². The van der Waals surface area contributed by atoms with Gasteiger partial charge in [-0.15, -0.1) is 0 Å². The summed E-state index contributed by atoms with van der Waals surface area (Å²) in [4.78, 5) is 7.50. The fraction of sp³-hybridized carbons (Fsp3) is 0.0833. The van der Waals surface area contributed by atoms with Crippen LogP contribution < -0.4 is 5.32 Å². The molecule has 8 heteroatoms. The van der Waals surface area contributed by atoms with Gasteiger partial charge < -0.3 is 5.32 Å². The summed E-state index contributed by atoms with van der Waals surface area (Å²) in [5.41, 5.74) is -0.829. The Morgan fingerprint density at radius 1 is 1.25 bits per heavy atom. The molecule has 0 atom stereocenters. The number of nitrogens with one attached hydrogen (secondary N) is 1. The van der Waals surface area contributed by atoms with Crippen molar-refractivity contribution in [2.45, 2.75) is 6.18 Å². The lowest BCUT2D eigenvalue weighted by atomic mass is 10.1. The van der Waals surface area contributed by atoms with E-state index in [2.05, 4.69) is 15.3 Å². The lowest BCUT2D eigenvalue weighted by molar-refractivity contribution is -0.137. The first-order valence-electron chi connectivity index (χ1n) is 5.27. The van der Waals surface area contributed by atoms with Crippen LogP contribution in [0.3, 0.4) is 0 Å². The quantitative estimate of drug-likeness (QED) is 0.857. The predicted molar refractivity (Wildman–Crippen MR) is 66.5 cm³/mol. The summed E-state index contributed by atoms with van der Waals surface area (Å²) in [6, 6.07) is 5.99. The Morgan fingerprint density at radius 2 is 2.00 bits per heavy atom. The number of nitrogens with zero attached hydrogens (tertiary/aromatic N) is 3. The predicted octanol–water partition coefficient (Wildman–Crippen LogP) is 3.76. The van der Waals surface area contributed by atoms with Crippen molar-refractivity contribution in [2.24, 2.45) is 0 Å². The minimum Gasteiger partial charge on any atom is -0.339 e. The van der Waals surface area contributed by atoms with E-state index in [0.717, 1.165) is 18.2 Å². The normalized spacial score (nSPS) is 10.9. The van der Waals surface area contributed by atoms with Gasteiger partial charge in [0.2, 0.25) is 5.28 Å². The van der Waals surface area contributed by atoms with Crippen molar-refractivity contribution in [3.8, 4) is 6.07 Å². The first-order chi connectivity index (χ1) is 9.40. The second-order valence-electron chi connectivity index (χ2n) is 3.71. The molecule has 1 aromatic carbocycles. The number of benzene rings is 1. The van der Waals surface area contributed by atoms with Crippen LogP contribution >= 0.6 is 11.6 Å². The Kier molecular flexibility index (Phi) is 3.77. The van der Waals surface area contributed by atoms with E-state index in [1.54, 1.807) is 6.07 Å². The van der Waals surface area contributed by atoms with Crippen LogP contribution in [0.2, 0.25) is 5.28 Å². The molecule has 0 fully saturated rings. The zero-order chi connectivity index (χ0) is 14.8. The van der Waals surface area contributed by atoms with Gasteiger partial charge in [-0.2, -0.15) is 18.4 Å². The number of rotatable bonds is 2. The molecule has 4 nitrogen and oxygen atoms in total. The number of hydrogen-bond donors (Lipinski definition) is 1. The monoisotopic (exact) mass is 298 g/mol. The van der Waals surface area contributed by atoms with Crippen molar-refractivity contribution >= 4 is 23.1 Å². The summed E-state index contributed by atoms with van der Waals surface area (Å²) in [5, 5.41) is 11.6. The third-order valence-corrected chi connectivity index (χ3v) is 2.54. The van der Waals surface area contributed by atoms with Crippen LogP contribution in [0.25, 0.3) is 0 Å². The van der Waals surface area contributed by atoms with E-state index in [1.165, 1.54) is 12.3 Å². The number of halogens is 4. The summed E-state index contributed by atoms with van der Waals surface area (Å²) < 4.78 is 37.6. The molecule has 1 aromatic heterocycles. The van der Waals surface area contributed by atoms with Crippen molar-refractivity contribution in [2.75, 3.05) is 5.32 Å². The maximum atomic E-state index is 12.5. The highest BCUT2D eigenvalue weighted by molar-refractivity contribution is 6.28. The average Bonchev–Trinajstić information content (AvgIpc) is 2.38. The maximum Gasteiger partial charge on any atom is 0.416 e. The van der Waals surface area contributed by atoms with Gasteiger partial charge in [0.05, 0.1) is 16.8 Å². The van der Waals surface area contributed by atoms with Crippen molar-refractivity contribution in [1.29, 1.82) is 5.26 Å². The first-order valence-corrected chi connectivity index (χ1v) is 5.65. The molecule has 20 heavy (non-hydrogen) atoms. The summed E-state index contributed by atoms with van der Waals surface area (Å²) in [7, 11) is 0. The molecule has 0 unspecified atom stereocenters. The Morgan fingerprint density at radius 3 is 2.60 bits per heavy atom. The second kappa shape index (κ2) is 5.35. The lowest BCUT2D eigenvalue weighted by Gasteiger charge is -2.11. The van der Waals surface area contributed by atoms with Gasteiger partial charge in [-0.3, -0.25) is 0 Å². The zero-order valence-corrected chi connectivity index (χ0v) is 10.5. The molecule has 2 rings (SSSR count). The van der Waals surface area contributed by atoms with E-state index in [0.29, 0.717) is 0 Å². The molecule has 1 N–H and O–H groups in total. The largest absolute Gasteiger partial charge is 0.416 e. The Labute approximate surface area is 116 Å². The molecule has 0 aliphatic rings. The molecule has 2 aromatic rings. The van der Waals surface area contributed by atoms with Gasteiger partial charge >= 0.3 is 6.18 Å². The topological polar surface area (TPSA) is 61.6 Å². The van der Waals surface area contributed by atoms with Crippen molar-refractivity contribution in [1.82, 2.24) is 9.97 Å². The van der Waals surface area contributed by atoms with Crippen LogP contribution in [0.5, 0.6) is 0 Å².